The number of aliphatic hydroxyl groups excluding tert-OH is 1. The minimum absolute atomic E-state index is 0.0735. The van der Waals surface area contributed by atoms with E-state index in [4.69, 9.17) is 10.2 Å². The van der Waals surface area contributed by atoms with Gasteiger partial charge >= 0.3 is 12.0 Å². The summed E-state index contributed by atoms with van der Waals surface area (Å²) in [6.07, 6.45) is 4.27. The molecule has 2 amide bonds. The molecule has 0 aliphatic carbocycles. The summed E-state index contributed by atoms with van der Waals surface area (Å²) >= 11 is 0. The molecule has 1 unspecified atom stereocenters. The standard InChI is InChI=1S/C14H24N2O4/c1-2-7-15(9-10-17)14(20)16-8-3-4-12(11-16)5-6-13(18)19/h2,12,17H,1,3-11H2,(H,18,19). The number of hydrogen-bond acceptors (Lipinski definition) is 3. The SMILES string of the molecule is C=CCN(CCO)C(=O)N1CCCC(CCC(=O)O)C1. The van der Waals surface area contributed by atoms with Gasteiger partial charge in [0.2, 0.25) is 0 Å². The number of amides is 2. The fourth-order valence-electron chi connectivity index (χ4n) is 2.54. The number of aliphatic hydroxyl groups is 1. The monoisotopic (exact) mass is 284 g/mol. The van der Waals surface area contributed by atoms with E-state index in [2.05, 4.69) is 6.58 Å². The zero-order valence-corrected chi connectivity index (χ0v) is 11.8. The van der Waals surface area contributed by atoms with Gasteiger partial charge in [-0.1, -0.05) is 6.08 Å². The summed E-state index contributed by atoms with van der Waals surface area (Å²) in [5, 5.41) is 17.7. The zero-order valence-electron chi connectivity index (χ0n) is 11.8. The Bertz CT molecular complexity index is 346. The maximum Gasteiger partial charge on any atom is 0.320 e. The summed E-state index contributed by atoms with van der Waals surface area (Å²) in [4.78, 5) is 26.3. The van der Waals surface area contributed by atoms with Crippen molar-refractivity contribution >= 4 is 12.0 Å². The predicted molar refractivity (Wildman–Crippen MR) is 75.4 cm³/mol. The molecule has 0 radical (unpaired) electrons. The lowest BCUT2D eigenvalue weighted by molar-refractivity contribution is -0.137. The van der Waals surface area contributed by atoms with Crippen LogP contribution in [0.4, 0.5) is 4.79 Å². The van der Waals surface area contributed by atoms with Crippen molar-refractivity contribution in [3.63, 3.8) is 0 Å². The zero-order chi connectivity index (χ0) is 15.0. The number of piperidine rings is 1. The van der Waals surface area contributed by atoms with E-state index in [0.29, 0.717) is 32.6 Å². The summed E-state index contributed by atoms with van der Waals surface area (Å²) in [7, 11) is 0. The number of likely N-dealkylation sites (tertiary alicyclic amines) is 1. The minimum Gasteiger partial charge on any atom is -0.481 e. The van der Waals surface area contributed by atoms with Crippen LogP contribution < -0.4 is 0 Å². The van der Waals surface area contributed by atoms with Crippen LogP contribution in [-0.4, -0.2) is 64.8 Å². The van der Waals surface area contributed by atoms with Crippen molar-refractivity contribution in [2.45, 2.75) is 25.7 Å². The summed E-state index contributed by atoms with van der Waals surface area (Å²) in [6.45, 7) is 5.54. The van der Waals surface area contributed by atoms with Gasteiger partial charge in [-0.25, -0.2) is 4.79 Å². The van der Waals surface area contributed by atoms with E-state index in [0.717, 1.165) is 12.8 Å². The number of carboxylic acids is 1. The summed E-state index contributed by atoms with van der Waals surface area (Å²) in [6, 6.07) is -0.0982. The van der Waals surface area contributed by atoms with Gasteiger partial charge in [-0.15, -0.1) is 6.58 Å². The minimum atomic E-state index is -0.790. The number of aliphatic carboxylic acids is 1. The van der Waals surface area contributed by atoms with Crippen LogP contribution in [-0.2, 0) is 4.79 Å². The Morgan fingerprint density at radius 3 is 2.80 bits per heavy atom. The molecule has 2 N–H and O–H groups in total. The predicted octanol–water partition coefficient (Wildman–Crippen LogP) is 1.16. The highest BCUT2D eigenvalue weighted by Gasteiger charge is 2.26. The molecule has 0 aromatic rings. The van der Waals surface area contributed by atoms with Crippen LogP contribution in [0.25, 0.3) is 0 Å². The van der Waals surface area contributed by atoms with E-state index in [1.807, 2.05) is 0 Å². The van der Waals surface area contributed by atoms with Crippen LogP contribution in [0.1, 0.15) is 25.7 Å². The molecule has 1 heterocycles. The van der Waals surface area contributed by atoms with Gasteiger partial charge in [0.1, 0.15) is 0 Å². The molecule has 0 spiro atoms. The van der Waals surface area contributed by atoms with Gasteiger partial charge in [-0.05, 0) is 25.2 Å². The van der Waals surface area contributed by atoms with Crippen molar-refractivity contribution < 1.29 is 19.8 Å². The highest BCUT2D eigenvalue weighted by Crippen LogP contribution is 2.21. The van der Waals surface area contributed by atoms with Gasteiger partial charge in [0, 0.05) is 32.6 Å². The molecule has 6 nitrogen and oxygen atoms in total. The van der Waals surface area contributed by atoms with Gasteiger partial charge in [-0.3, -0.25) is 4.79 Å². The molecular formula is C14H24N2O4. The maximum atomic E-state index is 12.3. The summed E-state index contributed by atoms with van der Waals surface area (Å²) in [5.74, 6) is -0.537. The third kappa shape index (κ3) is 5.21. The number of carbonyl (C=O) groups excluding carboxylic acids is 1. The van der Waals surface area contributed by atoms with Gasteiger partial charge in [-0.2, -0.15) is 0 Å². The van der Waals surface area contributed by atoms with E-state index >= 15 is 0 Å². The molecule has 0 saturated carbocycles. The highest BCUT2D eigenvalue weighted by molar-refractivity contribution is 5.74. The molecular weight excluding hydrogens is 260 g/mol. The summed E-state index contributed by atoms with van der Waals surface area (Å²) < 4.78 is 0. The van der Waals surface area contributed by atoms with Crippen molar-refractivity contribution in [3.8, 4) is 0 Å². The van der Waals surface area contributed by atoms with Crippen molar-refractivity contribution in [2.24, 2.45) is 5.92 Å². The molecule has 1 rings (SSSR count). The molecule has 6 heteroatoms. The van der Waals surface area contributed by atoms with Crippen LogP contribution in [0.2, 0.25) is 0 Å². The van der Waals surface area contributed by atoms with E-state index in [-0.39, 0.29) is 25.0 Å². The third-order valence-corrected chi connectivity index (χ3v) is 3.55. The second kappa shape index (κ2) is 8.58. The summed E-state index contributed by atoms with van der Waals surface area (Å²) in [5.41, 5.74) is 0. The van der Waals surface area contributed by atoms with Crippen molar-refractivity contribution in [2.75, 3.05) is 32.8 Å². The second-order valence-electron chi connectivity index (χ2n) is 5.13. The van der Waals surface area contributed by atoms with Crippen molar-refractivity contribution in [1.29, 1.82) is 0 Å². The Labute approximate surface area is 119 Å². The van der Waals surface area contributed by atoms with Crippen LogP contribution in [0.5, 0.6) is 0 Å². The Morgan fingerprint density at radius 2 is 2.20 bits per heavy atom. The van der Waals surface area contributed by atoms with Crippen molar-refractivity contribution in [1.82, 2.24) is 9.80 Å². The van der Waals surface area contributed by atoms with E-state index in [1.54, 1.807) is 15.9 Å². The van der Waals surface area contributed by atoms with Gasteiger partial charge < -0.3 is 20.0 Å². The first kappa shape index (κ1) is 16.5. The Hall–Kier alpha value is -1.56. The van der Waals surface area contributed by atoms with E-state index in [9.17, 15) is 9.59 Å². The largest absolute Gasteiger partial charge is 0.481 e. The first-order chi connectivity index (χ1) is 9.58. The van der Waals surface area contributed by atoms with Gasteiger partial charge in [0.15, 0.2) is 0 Å². The molecule has 20 heavy (non-hydrogen) atoms. The van der Waals surface area contributed by atoms with Crippen LogP contribution >= 0.6 is 0 Å². The third-order valence-electron chi connectivity index (χ3n) is 3.55. The maximum absolute atomic E-state index is 12.3. The Kier molecular flexibility index (Phi) is 7.08. The van der Waals surface area contributed by atoms with Gasteiger partial charge in [0.25, 0.3) is 0 Å². The van der Waals surface area contributed by atoms with Crippen LogP contribution in [0, 0.1) is 5.92 Å². The Balaban J connectivity index is 2.53. The number of hydrogen-bond donors (Lipinski definition) is 2. The number of urea groups is 1. The van der Waals surface area contributed by atoms with Crippen LogP contribution in [0.3, 0.4) is 0 Å². The smallest absolute Gasteiger partial charge is 0.320 e. The van der Waals surface area contributed by atoms with Gasteiger partial charge in [0.05, 0.1) is 6.61 Å². The fraction of sp³-hybridized carbons (Fsp3) is 0.714. The molecule has 1 atom stereocenters. The molecule has 1 fully saturated rings. The molecule has 1 saturated heterocycles. The number of carbonyl (C=O) groups is 2. The average Bonchev–Trinajstić information content (AvgIpc) is 2.44. The number of nitrogens with zero attached hydrogens (tertiary/aromatic N) is 2. The number of rotatable bonds is 7. The quantitative estimate of drug-likeness (QED) is 0.687. The molecule has 0 aromatic carbocycles. The molecule has 0 aromatic heterocycles. The van der Waals surface area contributed by atoms with Crippen LogP contribution in [0.15, 0.2) is 12.7 Å². The second-order valence-corrected chi connectivity index (χ2v) is 5.13. The normalized spacial score (nSPS) is 18.6. The van der Waals surface area contributed by atoms with Crippen molar-refractivity contribution in [3.05, 3.63) is 12.7 Å². The first-order valence-corrected chi connectivity index (χ1v) is 7.06. The first-order valence-electron chi connectivity index (χ1n) is 7.06. The average molecular weight is 284 g/mol. The molecule has 114 valence electrons. The topological polar surface area (TPSA) is 81.1 Å². The lowest BCUT2D eigenvalue weighted by atomic mass is 9.93. The lowest BCUT2D eigenvalue weighted by Crippen LogP contribution is -2.48. The number of carboxylic acid groups (broad SMARTS) is 1. The molecule has 1 aliphatic rings. The molecule has 0 bridgehead atoms. The molecule has 1 aliphatic heterocycles. The lowest BCUT2D eigenvalue weighted by Gasteiger charge is -2.36. The Morgan fingerprint density at radius 1 is 1.45 bits per heavy atom. The van der Waals surface area contributed by atoms with E-state index in [1.165, 1.54) is 0 Å². The highest BCUT2D eigenvalue weighted by atomic mass is 16.4. The fourth-order valence-corrected chi connectivity index (χ4v) is 2.54. The van der Waals surface area contributed by atoms with E-state index < -0.39 is 5.97 Å².